The number of thiazole rings is 1. The molecule has 1 N–H and O–H groups in total. The van der Waals surface area contributed by atoms with Gasteiger partial charge in [0.2, 0.25) is 5.51 Å². The lowest BCUT2D eigenvalue weighted by Gasteiger charge is -2.13. The Morgan fingerprint density at radius 3 is 2.21 bits per heavy atom. The van der Waals surface area contributed by atoms with Gasteiger partial charge in [0, 0.05) is 18.2 Å². The van der Waals surface area contributed by atoms with Crippen LogP contribution in [0.1, 0.15) is 106 Å². The maximum absolute atomic E-state index is 14.6. The van der Waals surface area contributed by atoms with Crippen LogP contribution in [0.25, 0.3) is 0 Å². The van der Waals surface area contributed by atoms with E-state index in [9.17, 15) is 9.18 Å². The number of para-hydroxylation sites is 1. The number of rotatable bonds is 18. The molecule has 0 saturated heterocycles. The second-order valence-corrected chi connectivity index (χ2v) is 10.9. The van der Waals surface area contributed by atoms with E-state index in [2.05, 4.69) is 34.6 Å². The van der Waals surface area contributed by atoms with Gasteiger partial charge in [0.05, 0.1) is 17.6 Å². The molecular formula is C32H44BrFN2O2S. The highest BCUT2D eigenvalue weighted by Crippen LogP contribution is 2.25. The third kappa shape index (κ3) is 11.8. The summed E-state index contributed by atoms with van der Waals surface area (Å²) in [5.74, 6) is -0.839. The molecule has 7 heteroatoms. The molecule has 0 aliphatic carbocycles. The highest BCUT2D eigenvalue weighted by atomic mass is 79.9. The van der Waals surface area contributed by atoms with Crippen molar-refractivity contribution in [2.24, 2.45) is 0 Å². The Bertz CT molecular complexity index is 1120. The number of unbranched alkanes of at least 4 members (excludes halogenated alkanes) is 11. The fourth-order valence-electron chi connectivity index (χ4n) is 4.61. The second-order valence-electron chi connectivity index (χ2n) is 10.1. The molecule has 39 heavy (non-hydrogen) atoms. The van der Waals surface area contributed by atoms with E-state index in [1.54, 1.807) is 23.5 Å². The Balaban J connectivity index is 0.00000533. The topological polar surface area (TPSA) is 42.2 Å². The Hall–Kier alpha value is -2.25. The van der Waals surface area contributed by atoms with Crippen LogP contribution in [0.4, 0.5) is 10.1 Å². The molecule has 1 heterocycles. The van der Waals surface area contributed by atoms with Gasteiger partial charge in [0.15, 0.2) is 23.8 Å². The molecule has 2 aromatic carbocycles. The first kappa shape index (κ1) is 33.0. The third-order valence-corrected chi connectivity index (χ3v) is 7.73. The number of hydrogen-bond donors (Lipinski definition) is 1. The quantitative estimate of drug-likeness (QED) is 0.143. The zero-order chi connectivity index (χ0) is 27.0. The Morgan fingerprint density at radius 2 is 1.56 bits per heavy atom. The molecule has 1 aromatic heterocycles. The van der Waals surface area contributed by atoms with Crippen molar-refractivity contribution in [2.75, 3.05) is 11.9 Å². The van der Waals surface area contributed by atoms with E-state index in [0.29, 0.717) is 12.3 Å². The number of nitrogens with zero attached hydrogens (tertiary/aromatic N) is 1. The number of carbonyl (C=O) groups excluding carboxylic acids is 1. The summed E-state index contributed by atoms with van der Waals surface area (Å²) in [5.41, 5.74) is 5.25. The van der Waals surface area contributed by atoms with Crippen molar-refractivity contribution in [3.05, 3.63) is 76.0 Å². The Kier molecular flexibility index (Phi) is 16.0. The smallest absolute Gasteiger partial charge is 0.259 e. The van der Waals surface area contributed by atoms with Gasteiger partial charge in [-0.15, -0.1) is 0 Å². The number of carbonyl (C=O) groups is 1. The van der Waals surface area contributed by atoms with Gasteiger partial charge in [-0.3, -0.25) is 4.79 Å². The molecule has 214 valence electrons. The molecule has 1 amide bonds. The van der Waals surface area contributed by atoms with Crippen LogP contribution in [0.2, 0.25) is 0 Å². The fraction of sp³-hybridized carbons (Fsp3) is 0.500. The van der Waals surface area contributed by atoms with Crippen molar-refractivity contribution in [1.82, 2.24) is 0 Å². The van der Waals surface area contributed by atoms with Crippen molar-refractivity contribution in [3.8, 4) is 5.75 Å². The molecule has 0 aliphatic rings. The number of halogens is 2. The maximum Gasteiger partial charge on any atom is 0.259 e. The van der Waals surface area contributed by atoms with Gasteiger partial charge in [-0.1, -0.05) is 107 Å². The highest BCUT2D eigenvalue weighted by molar-refractivity contribution is 7.07. The van der Waals surface area contributed by atoms with Gasteiger partial charge in [-0.2, -0.15) is 4.57 Å². The normalized spacial score (nSPS) is 10.7. The molecular weight excluding hydrogens is 575 g/mol. The number of aromatic nitrogens is 1. The lowest BCUT2D eigenvalue weighted by atomic mass is 10.1. The molecule has 3 aromatic rings. The van der Waals surface area contributed by atoms with Crippen LogP contribution in [0.3, 0.4) is 0 Å². The summed E-state index contributed by atoms with van der Waals surface area (Å²) >= 11 is 1.66. The highest BCUT2D eigenvalue weighted by Gasteiger charge is 2.17. The van der Waals surface area contributed by atoms with Crippen LogP contribution >= 0.6 is 11.3 Å². The van der Waals surface area contributed by atoms with Gasteiger partial charge in [0.25, 0.3) is 5.91 Å². The summed E-state index contributed by atoms with van der Waals surface area (Å²) in [7, 11) is 0. The zero-order valence-corrected chi connectivity index (χ0v) is 25.9. The standard InChI is InChI=1S/C32H43FN2O2S.BrH/c1-3-4-5-6-7-8-9-10-11-12-13-14-21-37-31-29(19-16-20-30(31)33)32(36)34-28-18-15-17-27(22-28)23-35-25-38-24-26(35)2;/h15-20,22,24-25H,3-14,21,23H2,1-2H3;1H. The minimum atomic E-state index is -0.505. The van der Waals surface area contributed by atoms with E-state index in [4.69, 9.17) is 4.74 Å². The summed E-state index contributed by atoms with van der Waals surface area (Å²) in [6.45, 7) is 5.47. The van der Waals surface area contributed by atoms with E-state index < -0.39 is 5.82 Å². The lowest BCUT2D eigenvalue weighted by Crippen LogP contribution is -3.00. The number of benzene rings is 2. The predicted octanol–water partition coefficient (Wildman–Crippen LogP) is 5.87. The summed E-state index contributed by atoms with van der Waals surface area (Å²) < 4.78 is 22.6. The first-order chi connectivity index (χ1) is 18.6. The lowest BCUT2D eigenvalue weighted by molar-refractivity contribution is -0.689. The third-order valence-electron chi connectivity index (χ3n) is 6.87. The van der Waals surface area contributed by atoms with Crippen molar-refractivity contribution < 1.29 is 35.5 Å². The van der Waals surface area contributed by atoms with Crippen molar-refractivity contribution >= 4 is 22.9 Å². The molecule has 3 rings (SSSR count). The van der Waals surface area contributed by atoms with Gasteiger partial charge in [-0.05, 0) is 30.7 Å². The molecule has 0 atom stereocenters. The molecule has 0 bridgehead atoms. The van der Waals surface area contributed by atoms with Gasteiger partial charge in [0.1, 0.15) is 0 Å². The zero-order valence-electron chi connectivity index (χ0n) is 23.5. The SMILES string of the molecule is CCCCCCCCCCCCCCOc1c(F)cccc1C(=O)Nc1cccc(C[n+]2cscc2C)c1.[Br-]. The van der Waals surface area contributed by atoms with Crippen molar-refractivity contribution in [1.29, 1.82) is 0 Å². The van der Waals surface area contributed by atoms with Crippen molar-refractivity contribution in [2.45, 2.75) is 97.4 Å². The summed E-state index contributed by atoms with van der Waals surface area (Å²) in [4.78, 5) is 13.0. The Morgan fingerprint density at radius 1 is 0.923 bits per heavy atom. The number of ether oxygens (including phenoxy) is 1. The van der Waals surface area contributed by atoms with Crippen molar-refractivity contribution in [3.63, 3.8) is 0 Å². The monoisotopic (exact) mass is 618 g/mol. The molecule has 0 radical (unpaired) electrons. The number of amides is 1. The molecule has 0 unspecified atom stereocenters. The molecule has 0 saturated carbocycles. The van der Waals surface area contributed by atoms with Crippen LogP contribution in [0.15, 0.2) is 53.4 Å². The predicted molar refractivity (Wildman–Crippen MR) is 156 cm³/mol. The Labute approximate surface area is 248 Å². The number of nitrogens with one attached hydrogen (secondary N) is 1. The van der Waals surface area contributed by atoms with Crippen LogP contribution in [0.5, 0.6) is 5.75 Å². The van der Waals surface area contributed by atoms with Crippen LogP contribution < -0.4 is 31.6 Å². The van der Waals surface area contributed by atoms with Gasteiger partial charge >= 0.3 is 0 Å². The van der Waals surface area contributed by atoms with Crippen LogP contribution in [-0.4, -0.2) is 12.5 Å². The summed E-state index contributed by atoms with van der Waals surface area (Å²) in [6.07, 6.45) is 15.1. The van der Waals surface area contributed by atoms with E-state index in [0.717, 1.165) is 24.9 Å². The number of aryl methyl sites for hydroxylation is 1. The van der Waals surface area contributed by atoms with E-state index in [-0.39, 0.29) is 34.2 Å². The minimum absolute atomic E-state index is 0. The van der Waals surface area contributed by atoms with E-state index >= 15 is 0 Å². The first-order valence-electron chi connectivity index (χ1n) is 14.3. The molecule has 0 fully saturated rings. The first-order valence-corrected chi connectivity index (χ1v) is 15.3. The molecule has 0 spiro atoms. The number of anilines is 1. The van der Waals surface area contributed by atoms with Gasteiger partial charge in [-0.25, -0.2) is 4.39 Å². The average molecular weight is 620 g/mol. The summed E-state index contributed by atoms with van der Waals surface area (Å²) in [6, 6.07) is 12.3. The van der Waals surface area contributed by atoms with E-state index in [1.165, 1.54) is 76.0 Å². The minimum Gasteiger partial charge on any atom is -1.00 e. The van der Waals surface area contributed by atoms with Crippen LogP contribution in [-0.2, 0) is 6.54 Å². The van der Waals surface area contributed by atoms with Crippen LogP contribution in [0, 0.1) is 12.7 Å². The fourth-order valence-corrected chi connectivity index (χ4v) is 5.39. The molecule has 0 aliphatic heterocycles. The molecule has 4 nitrogen and oxygen atoms in total. The maximum atomic E-state index is 14.6. The average Bonchev–Trinajstić information content (AvgIpc) is 3.31. The second kappa shape index (κ2) is 18.9. The summed E-state index contributed by atoms with van der Waals surface area (Å²) in [5, 5.41) is 5.02. The van der Waals surface area contributed by atoms with Gasteiger partial charge < -0.3 is 27.0 Å². The van der Waals surface area contributed by atoms with E-state index in [1.807, 2.05) is 24.3 Å². The number of hydrogen-bond acceptors (Lipinski definition) is 3. The largest absolute Gasteiger partial charge is 1.00 e.